The summed E-state index contributed by atoms with van der Waals surface area (Å²) in [6.45, 7) is 0. The average molecular weight is 718 g/mol. The van der Waals surface area contributed by atoms with Gasteiger partial charge in [-0.3, -0.25) is 0 Å². The molecule has 10 rings (SSSR count). The number of fused-ring (bicyclic) bond motifs is 5. The molecule has 0 N–H and O–H groups in total. The normalized spacial score (nSPS) is 11.5. The van der Waals surface area contributed by atoms with Crippen molar-refractivity contribution in [2.45, 2.75) is 0 Å². The zero-order chi connectivity index (χ0) is 33.7. The Morgan fingerprint density at radius 1 is 0.451 bits per heavy atom. The quantitative estimate of drug-likeness (QED) is 0.160. The van der Waals surface area contributed by atoms with Gasteiger partial charge >= 0.3 is 285 Å². The van der Waals surface area contributed by atoms with E-state index < -0.39 is 0 Å². The van der Waals surface area contributed by atoms with Crippen LogP contribution in [0.4, 0.5) is 17.1 Å². The van der Waals surface area contributed by atoms with E-state index in [0.29, 0.717) is 5.89 Å². The molecule has 8 aromatic carbocycles. The predicted molar refractivity (Wildman–Crippen MR) is 214 cm³/mol. The van der Waals surface area contributed by atoms with E-state index >= 15 is 0 Å². The molecule has 0 radical (unpaired) electrons. The molecular weight excluding hydrogens is 687 g/mol. The number of hydrogen-bond donors (Lipinski definition) is 0. The van der Waals surface area contributed by atoms with Gasteiger partial charge in [0, 0.05) is 0 Å². The van der Waals surface area contributed by atoms with Crippen LogP contribution in [0.2, 0.25) is 0 Å². The van der Waals surface area contributed by atoms with Crippen molar-refractivity contribution in [2.75, 3.05) is 4.90 Å². The summed E-state index contributed by atoms with van der Waals surface area (Å²) in [6, 6.07) is 65.1. The molecule has 0 spiro atoms. The van der Waals surface area contributed by atoms with Gasteiger partial charge < -0.3 is 0 Å². The topological polar surface area (TPSA) is 29.3 Å². The third-order valence-electron chi connectivity index (χ3n) is 9.68. The number of para-hydroxylation sites is 2. The van der Waals surface area contributed by atoms with E-state index in [0.717, 1.165) is 33.7 Å². The van der Waals surface area contributed by atoms with Crippen LogP contribution in [0.3, 0.4) is 0 Å². The van der Waals surface area contributed by atoms with E-state index in [4.69, 9.17) is 9.40 Å². The second-order valence-corrected chi connectivity index (χ2v) is 15.1. The summed E-state index contributed by atoms with van der Waals surface area (Å²) in [6.07, 6.45) is 0. The van der Waals surface area contributed by atoms with Gasteiger partial charge in [-0.15, -0.1) is 0 Å². The van der Waals surface area contributed by atoms with Crippen LogP contribution in [0.15, 0.2) is 186 Å². The standard InChI is InChI=1S/C47H30N2OSe/c1-2-10-31(11-3-1)35-14-8-15-38(29-35)49(37-24-22-33(23-25-37)36-21-20-32-12-4-5-13-34(32)28-36)39-26-27-40-45(30-39)51-44-19-9-16-41(46(40)44)47-48-42-17-6-7-18-43(42)50-47/h1-30H. The van der Waals surface area contributed by atoms with Crippen molar-refractivity contribution in [3.8, 4) is 33.7 Å². The van der Waals surface area contributed by atoms with Gasteiger partial charge in [0.2, 0.25) is 0 Å². The fourth-order valence-electron chi connectivity index (χ4n) is 7.19. The third-order valence-corrected chi connectivity index (χ3v) is 12.0. The van der Waals surface area contributed by atoms with Crippen LogP contribution in [0.25, 0.3) is 74.9 Å². The Hall–Kier alpha value is -6.19. The summed E-state index contributed by atoms with van der Waals surface area (Å²) >= 11 is 0.139. The van der Waals surface area contributed by atoms with Crippen molar-refractivity contribution in [1.82, 2.24) is 4.98 Å². The molecule has 51 heavy (non-hydrogen) atoms. The van der Waals surface area contributed by atoms with Crippen LogP contribution < -0.4 is 4.90 Å². The number of anilines is 3. The van der Waals surface area contributed by atoms with E-state index in [2.05, 4.69) is 163 Å². The molecule has 0 aliphatic carbocycles. The van der Waals surface area contributed by atoms with Gasteiger partial charge in [-0.2, -0.15) is 0 Å². The Balaban J connectivity index is 1.10. The molecule has 0 amide bonds. The van der Waals surface area contributed by atoms with Gasteiger partial charge in [0.25, 0.3) is 0 Å². The molecule has 0 saturated carbocycles. The van der Waals surface area contributed by atoms with E-state index in [1.165, 1.54) is 52.3 Å². The molecule has 240 valence electrons. The maximum atomic E-state index is 6.27. The molecular formula is C47H30N2OSe. The van der Waals surface area contributed by atoms with Crippen molar-refractivity contribution in [1.29, 1.82) is 0 Å². The third kappa shape index (κ3) is 5.34. The summed E-state index contributed by atoms with van der Waals surface area (Å²) < 4.78 is 8.98. The molecule has 0 fully saturated rings. The summed E-state index contributed by atoms with van der Waals surface area (Å²) in [7, 11) is 0. The molecule has 2 aromatic heterocycles. The minimum atomic E-state index is 0.139. The zero-order valence-electron chi connectivity index (χ0n) is 27.5. The molecule has 4 heteroatoms. The predicted octanol–water partition coefficient (Wildman–Crippen LogP) is 12.8. The second kappa shape index (κ2) is 12.3. The second-order valence-electron chi connectivity index (χ2n) is 12.8. The molecule has 2 heterocycles. The van der Waals surface area contributed by atoms with Gasteiger partial charge in [0.1, 0.15) is 0 Å². The molecule has 0 bridgehead atoms. The van der Waals surface area contributed by atoms with Crippen LogP contribution in [-0.4, -0.2) is 19.5 Å². The van der Waals surface area contributed by atoms with Gasteiger partial charge in [-0.05, 0) is 0 Å². The van der Waals surface area contributed by atoms with Crippen LogP contribution in [0.5, 0.6) is 0 Å². The van der Waals surface area contributed by atoms with Gasteiger partial charge in [0.05, 0.1) is 0 Å². The van der Waals surface area contributed by atoms with Crippen LogP contribution >= 0.6 is 0 Å². The summed E-state index contributed by atoms with van der Waals surface area (Å²) in [5.41, 5.74) is 10.9. The number of rotatable bonds is 6. The van der Waals surface area contributed by atoms with Crippen molar-refractivity contribution in [3.63, 3.8) is 0 Å². The molecule has 0 atom stereocenters. The summed E-state index contributed by atoms with van der Waals surface area (Å²) in [4.78, 5) is 7.25. The first-order valence-electron chi connectivity index (χ1n) is 17.1. The van der Waals surface area contributed by atoms with Crippen molar-refractivity contribution in [3.05, 3.63) is 182 Å². The summed E-state index contributed by atoms with van der Waals surface area (Å²) in [5, 5.41) is 5.00. The maximum absolute atomic E-state index is 6.27. The van der Waals surface area contributed by atoms with Gasteiger partial charge in [0.15, 0.2) is 0 Å². The molecule has 10 aromatic rings. The van der Waals surface area contributed by atoms with Crippen LogP contribution in [-0.2, 0) is 0 Å². The average Bonchev–Trinajstić information content (AvgIpc) is 3.80. The minimum absolute atomic E-state index is 0.139. The van der Waals surface area contributed by atoms with Gasteiger partial charge in [-0.1, -0.05) is 18.2 Å². The first-order valence-corrected chi connectivity index (χ1v) is 18.8. The molecule has 0 saturated heterocycles. The Kier molecular flexibility index (Phi) is 7.16. The van der Waals surface area contributed by atoms with Crippen molar-refractivity contribution < 1.29 is 4.42 Å². The van der Waals surface area contributed by atoms with Crippen molar-refractivity contribution in [2.24, 2.45) is 0 Å². The van der Waals surface area contributed by atoms with Crippen LogP contribution in [0.1, 0.15) is 0 Å². The first-order chi connectivity index (χ1) is 25.2. The molecule has 3 nitrogen and oxygen atoms in total. The fraction of sp³-hybridized carbons (Fsp3) is 0. The Bertz CT molecular complexity index is 2840. The number of benzene rings is 8. The molecule has 0 unspecified atom stereocenters. The number of oxazole rings is 1. The SMILES string of the molecule is c1ccc(-c2cccc(N(c3ccc(-c4ccc5ccccc5c4)cc3)c3ccc4c(c3)[se]c3cccc(-c5nc6ccccc6o5)c34)c2)cc1. The Morgan fingerprint density at radius 3 is 2.02 bits per heavy atom. The number of nitrogens with zero attached hydrogens (tertiary/aromatic N) is 2. The van der Waals surface area contributed by atoms with Crippen molar-refractivity contribution >= 4 is 72.7 Å². The molecule has 0 aliphatic rings. The Morgan fingerprint density at radius 2 is 1.14 bits per heavy atom. The zero-order valence-corrected chi connectivity index (χ0v) is 29.2. The van der Waals surface area contributed by atoms with E-state index in [1.54, 1.807) is 0 Å². The number of hydrogen-bond acceptors (Lipinski definition) is 3. The van der Waals surface area contributed by atoms with Crippen LogP contribution in [0, 0.1) is 0 Å². The Labute approximate surface area is 301 Å². The number of aromatic nitrogens is 1. The van der Waals surface area contributed by atoms with E-state index in [-0.39, 0.29) is 14.5 Å². The fourth-order valence-corrected chi connectivity index (χ4v) is 9.64. The van der Waals surface area contributed by atoms with E-state index in [9.17, 15) is 0 Å². The molecule has 0 aliphatic heterocycles. The van der Waals surface area contributed by atoms with E-state index in [1.807, 2.05) is 24.3 Å². The van der Waals surface area contributed by atoms with Gasteiger partial charge in [-0.25, -0.2) is 0 Å². The monoisotopic (exact) mass is 718 g/mol. The summed E-state index contributed by atoms with van der Waals surface area (Å²) in [5.74, 6) is 0.673. The first kappa shape index (κ1) is 29.7.